The summed E-state index contributed by atoms with van der Waals surface area (Å²) in [5.41, 5.74) is 10.4. The number of unbranched alkanes of at least 4 members (excludes halogenated alkanes) is 9. The molecule has 2 aromatic rings. The molecule has 0 radical (unpaired) electrons. The van der Waals surface area contributed by atoms with Gasteiger partial charge in [-0.05, 0) is 56.2 Å². The van der Waals surface area contributed by atoms with E-state index in [2.05, 4.69) is 0 Å². The van der Waals surface area contributed by atoms with Gasteiger partial charge >= 0.3 is 17.9 Å². The van der Waals surface area contributed by atoms with Gasteiger partial charge in [-0.25, -0.2) is 11.0 Å². The van der Waals surface area contributed by atoms with Crippen LogP contribution in [0.1, 0.15) is 121 Å². The number of hydrogen-bond donors (Lipinski definition) is 8. The third kappa shape index (κ3) is 39.5. The van der Waals surface area contributed by atoms with E-state index in [0.717, 1.165) is 62.6 Å². The lowest BCUT2D eigenvalue weighted by molar-refractivity contribution is -0.138. The number of anilines is 1. The van der Waals surface area contributed by atoms with Gasteiger partial charge in [-0.1, -0.05) is 87.1 Å². The van der Waals surface area contributed by atoms with Crippen LogP contribution in [0.15, 0.2) is 60.7 Å². The summed E-state index contributed by atoms with van der Waals surface area (Å²) in [5.74, 6) is -2.83. The molecule has 0 aliphatic carbocycles. The van der Waals surface area contributed by atoms with Gasteiger partial charge in [0.15, 0.2) is 0 Å². The van der Waals surface area contributed by atoms with Crippen molar-refractivity contribution in [2.75, 3.05) is 5.73 Å². The Hall–Kier alpha value is -4.82. The van der Waals surface area contributed by atoms with E-state index in [1.165, 1.54) is 0 Å². The molecule has 2 amide bonds. The van der Waals surface area contributed by atoms with Crippen LogP contribution in [0, 0.1) is 0 Å². The van der Waals surface area contributed by atoms with Gasteiger partial charge in [-0.3, -0.25) is 39.2 Å². The van der Waals surface area contributed by atoms with Gasteiger partial charge in [0.25, 0.3) is 0 Å². The van der Waals surface area contributed by atoms with Crippen LogP contribution in [0.4, 0.5) is 5.69 Å². The van der Waals surface area contributed by atoms with Crippen molar-refractivity contribution in [2.24, 2.45) is 0 Å². The van der Waals surface area contributed by atoms with Crippen molar-refractivity contribution in [3.05, 3.63) is 66.2 Å². The van der Waals surface area contributed by atoms with E-state index >= 15 is 0 Å². The standard InChI is InChI=1S/C15H21NO3.C8H15NO4.C8H14O4.C6H7N/c17-14(12-13-8-4-3-5-9-13)10-6-1-2-7-11-15(18)16-19;10-7(9-13)5-3-1-2-4-6-8(11)12;9-7(10)5-3-1-2-4-6-8(11)12;7-6-4-2-1-3-5-6/h3-5,8-9,19H,1-2,6-7,10-12H2,(H,16,18);13H,1-6H2,(H,9,10)(H,11,12);1-6H2,(H,9,10)(H,11,12);1-5H,7H2. The topological polar surface area (TPSA) is 254 Å². The van der Waals surface area contributed by atoms with Crippen LogP contribution in [0.2, 0.25) is 0 Å². The number of aliphatic carboxylic acids is 3. The molecule has 14 nitrogen and oxygen atoms in total. The molecule has 0 unspecified atom stereocenters. The highest BCUT2D eigenvalue weighted by atomic mass is 16.5. The molecule has 0 saturated heterocycles. The van der Waals surface area contributed by atoms with Crippen LogP contribution in [-0.4, -0.2) is 61.2 Å². The van der Waals surface area contributed by atoms with Crippen LogP contribution >= 0.6 is 0 Å². The monoisotopic (exact) mass is 719 g/mol. The average Bonchev–Trinajstić information content (AvgIpc) is 3.10. The number of amides is 2. The maximum Gasteiger partial charge on any atom is 0.303 e. The number of carboxylic acids is 3. The average molecular weight is 720 g/mol. The molecule has 51 heavy (non-hydrogen) atoms. The molecule has 0 atom stereocenters. The summed E-state index contributed by atoms with van der Waals surface area (Å²) < 4.78 is 0. The van der Waals surface area contributed by atoms with Crippen LogP contribution in [0.25, 0.3) is 0 Å². The van der Waals surface area contributed by atoms with Gasteiger partial charge in [-0.2, -0.15) is 0 Å². The number of hydrogen-bond acceptors (Lipinski definition) is 9. The number of nitrogens with two attached hydrogens (primary N) is 1. The van der Waals surface area contributed by atoms with Gasteiger partial charge in [0, 0.05) is 50.6 Å². The van der Waals surface area contributed by atoms with Crippen LogP contribution in [-0.2, 0) is 35.2 Å². The molecule has 0 fully saturated rings. The van der Waals surface area contributed by atoms with Gasteiger partial charge < -0.3 is 21.1 Å². The predicted molar refractivity (Wildman–Crippen MR) is 192 cm³/mol. The zero-order chi connectivity index (χ0) is 38.5. The Bertz CT molecular complexity index is 1190. The van der Waals surface area contributed by atoms with Crippen LogP contribution < -0.4 is 16.7 Å². The molecule has 0 aliphatic rings. The molecule has 0 aromatic heterocycles. The zero-order valence-corrected chi connectivity index (χ0v) is 29.5. The molecule has 0 bridgehead atoms. The Morgan fingerprint density at radius 3 is 1.06 bits per heavy atom. The summed E-state index contributed by atoms with van der Waals surface area (Å²) in [5, 5.41) is 41.3. The summed E-state index contributed by atoms with van der Waals surface area (Å²) in [4.78, 5) is 63.1. The highest BCUT2D eigenvalue weighted by Gasteiger charge is 2.04. The first kappa shape index (κ1) is 48.3. The summed E-state index contributed by atoms with van der Waals surface area (Å²) in [6.07, 6.45) is 11.6. The highest BCUT2D eigenvalue weighted by Crippen LogP contribution is 2.09. The first-order chi connectivity index (χ1) is 24.4. The highest BCUT2D eigenvalue weighted by molar-refractivity contribution is 5.80. The number of carbonyl (C=O) groups excluding carboxylic acids is 3. The third-order valence-corrected chi connectivity index (χ3v) is 6.98. The summed E-state index contributed by atoms with van der Waals surface area (Å²) in [6.45, 7) is 0. The Morgan fingerprint density at radius 1 is 0.451 bits per heavy atom. The van der Waals surface area contributed by atoms with Gasteiger partial charge in [0.2, 0.25) is 11.8 Å². The Morgan fingerprint density at radius 2 is 0.765 bits per heavy atom. The number of nitrogen functional groups attached to an aromatic ring is 1. The molecule has 14 heteroatoms. The number of carboxylic acid groups (broad SMARTS) is 3. The molecule has 286 valence electrons. The number of nitrogens with one attached hydrogen (secondary N) is 2. The molecular formula is C37H57N3O11. The predicted octanol–water partition coefficient (Wildman–Crippen LogP) is 6.33. The number of hydroxylamine groups is 2. The molecule has 0 saturated carbocycles. The maximum atomic E-state index is 11.7. The second kappa shape index (κ2) is 35.0. The quantitative estimate of drug-likeness (QED) is 0.0272. The van der Waals surface area contributed by atoms with E-state index in [0.29, 0.717) is 51.4 Å². The molecule has 2 aromatic carbocycles. The molecule has 9 N–H and O–H groups in total. The fourth-order valence-electron chi connectivity index (χ4n) is 4.26. The molecule has 0 heterocycles. The molecule has 0 aliphatic heterocycles. The summed E-state index contributed by atoms with van der Waals surface area (Å²) in [7, 11) is 0. The lowest BCUT2D eigenvalue weighted by Gasteiger charge is -2.02. The van der Waals surface area contributed by atoms with E-state index in [-0.39, 0.29) is 31.0 Å². The van der Waals surface area contributed by atoms with Crippen molar-refractivity contribution < 1.29 is 54.5 Å². The molecule has 2 rings (SSSR count). The van der Waals surface area contributed by atoms with Crippen molar-refractivity contribution in [3.8, 4) is 0 Å². The Balaban J connectivity index is 0. The minimum absolute atomic E-state index is 0.187. The van der Waals surface area contributed by atoms with E-state index in [9.17, 15) is 28.8 Å². The van der Waals surface area contributed by atoms with Gasteiger partial charge in [-0.15, -0.1) is 0 Å². The van der Waals surface area contributed by atoms with Crippen molar-refractivity contribution >= 4 is 41.2 Å². The molecular weight excluding hydrogens is 662 g/mol. The number of carbonyl (C=O) groups is 6. The second-order valence-corrected chi connectivity index (χ2v) is 11.6. The SMILES string of the molecule is Nc1ccccc1.O=C(CCCCCCC(=O)NO)Cc1ccccc1.O=C(O)CCCCCCC(=O)NO.O=C(O)CCCCCCC(=O)O. The second-order valence-electron chi connectivity index (χ2n) is 11.6. The number of Topliss-reactive ketones (excluding diaryl/α,β-unsaturated/α-hetero) is 1. The lowest BCUT2D eigenvalue weighted by Crippen LogP contribution is -2.17. The first-order valence-electron chi connectivity index (χ1n) is 17.3. The van der Waals surface area contributed by atoms with E-state index in [1.54, 1.807) is 11.0 Å². The fraction of sp³-hybridized carbons (Fsp3) is 0.514. The summed E-state index contributed by atoms with van der Waals surface area (Å²) in [6, 6.07) is 19.2. The van der Waals surface area contributed by atoms with Gasteiger partial charge in [0.1, 0.15) is 5.78 Å². The smallest absolute Gasteiger partial charge is 0.303 e. The van der Waals surface area contributed by atoms with Crippen LogP contribution in [0.3, 0.4) is 0 Å². The number of para-hydroxylation sites is 1. The lowest BCUT2D eigenvalue weighted by atomic mass is 10.0. The van der Waals surface area contributed by atoms with Crippen molar-refractivity contribution in [3.63, 3.8) is 0 Å². The first-order valence-corrected chi connectivity index (χ1v) is 17.3. The largest absolute Gasteiger partial charge is 0.481 e. The van der Waals surface area contributed by atoms with E-state index < -0.39 is 23.8 Å². The normalized spacial score (nSPS) is 9.69. The number of rotatable bonds is 23. The third-order valence-electron chi connectivity index (χ3n) is 6.98. The maximum absolute atomic E-state index is 11.7. The zero-order valence-electron chi connectivity index (χ0n) is 29.5. The molecule has 0 spiro atoms. The minimum Gasteiger partial charge on any atom is -0.481 e. The van der Waals surface area contributed by atoms with E-state index in [1.807, 2.05) is 60.7 Å². The van der Waals surface area contributed by atoms with Gasteiger partial charge in [0.05, 0.1) is 0 Å². The Kier molecular flexibility index (Phi) is 33.2. The number of benzene rings is 2. The van der Waals surface area contributed by atoms with Crippen molar-refractivity contribution in [1.82, 2.24) is 11.0 Å². The van der Waals surface area contributed by atoms with Crippen LogP contribution in [0.5, 0.6) is 0 Å². The number of ketones is 1. The fourth-order valence-corrected chi connectivity index (χ4v) is 4.26. The van der Waals surface area contributed by atoms with E-state index in [4.69, 9.17) is 31.5 Å². The van der Waals surface area contributed by atoms with Crippen molar-refractivity contribution in [1.29, 1.82) is 0 Å². The minimum atomic E-state index is -0.784. The Labute approximate surface area is 300 Å². The van der Waals surface area contributed by atoms with Crippen molar-refractivity contribution in [2.45, 2.75) is 122 Å². The summed E-state index contributed by atoms with van der Waals surface area (Å²) >= 11 is 0.